The molecule has 1 saturated heterocycles. The van der Waals surface area contributed by atoms with Gasteiger partial charge in [0.05, 0.1) is 7.11 Å². The fourth-order valence-corrected chi connectivity index (χ4v) is 5.00. The van der Waals surface area contributed by atoms with Crippen LogP contribution in [0.15, 0.2) is 0 Å². The molecule has 0 saturated carbocycles. The van der Waals surface area contributed by atoms with Crippen molar-refractivity contribution in [3.05, 3.63) is 0 Å². The van der Waals surface area contributed by atoms with E-state index in [1.165, 1.54) is 110 Å². The van der Waals surface area contributed by atoms with Crippen LogP contribution in [0.2, 0.25) is 0 Å². The van der Waals surface area contributed by atoms with Gasteiger partial charge in [-0.25, -0.2) is 0 Å². The highest BCUT2D eigenvalue weighted by molar-refractivity contribution is 8.07. The summed E-state index contributed by atoms with van der Waals surface area (Å²) in [6.45, 7) is 2.29. The first-order chi connectivity index (χ1) is 12.8. The molecule has 0 radical (unpaired) electrons. The van der Waals surface area contributed by atoms with Gasteiger partial charge in [-0.15, -0.1) is 0 Å². The number of rotatable bonds is 19. The number of carbonyl (C=O) groups excluding carboxylic acids is 1. The van der Waals surface area contributed by atoms with Crippen molar-refractivity contribution in [1.29, 1.82) is 0 Å². The summed E-state index contributed by atoms with van der Waals surface area (Å²) in [6, 6.07) is 0. The summed E-state index contributed by atoms with van der Waals surface area (Å²) in [7, 11) is 1.47. The Morgan fingerprint density at radius 2 is 1.12 bits per heavy atom. The molecule has 2 nitrogen and oxygen atoms in total. The molecule has 0 aromatic carbocycles. The lowest BCUT2D eigenvalue weighted by Crippen LogP contribution is -1.99. The number of carbonyl (C=O) groups is 1. The minimum Gasteiger partial charge on any atom is -0.469 e. The molecule has 1 heterocycles. The summed E-state index contributed by atoms with van der Waals surface area (Å²) in [4.78, 5) is 11.0. The molecule has 26 heavy (non-hydrogen) atoms. The summed E-state index contributed by atoms with van der Waals surface area (Å²) in [6.07, 6.45) is 24.0. The van der Waals surface area contributed by atoms with Gasteiger partial charge >= 0.3 is 5.97 Å². The van der Waals surface area contributed by atoms with Gasteiger partial charge in [0.1, 0.15) is 0 Å². The Kier molecular flexibility index (Phi) is 15.6. The second kappa shape index (κ2) is 17.0. The van der Waals surface area contributed by atoms with Crippen molar-refractivity contribution in [1.82, 2.24) is 0 Å². The Labute approximate surface area is 167 Å². The van der Waals surface area contributed by atoms with Gasteiger partial charge in [-0.05, 0) is 19.3 Å². The van der Waals surface area contributed by atoms with Crippen molar-refractivity contribution in [3.63, 3.8) is 0 Å². The molecule has 0 aromatic rings. The molecule has 0 aromatic heterocycles. The maximum atomic E-state index is 11.0. The van der Waals surface area contributed by atoms with Gasteiger partial charge in [0.2, 0.25) is 0 Å². The van der Waals surface area contributed by atoms with Crippen LogP contribution in [0.25, 0.3) is 0 Å². The topological polar surface area (TPSA) is 26.3 Å². The van der Waals surface area contributed by atoms with Gasteiger partial charge in [-0.3, -0.25) is 4.79 Å². The third-order valence-corrected chi connectivity index (χ3v) is 7.14. The fourth-order valence-electron chi connectivity index (χ4n) is 3.77. The van der Waals surface area contributed by atoms with Gasteiger partial charge in [0.25, 0.3) is 0 Å². The number of thioether (sulfide) groups is 1. The van der Waals surface area contributed by atoms with Crippen LogP contribution in [0, 0.1) is 0 Å². The van der Waals surface area contributed by atoms with Gasteiger partial charge < -0.3 is 4.74 Å². The number of ether oxygens (including phenoxy) is 1. The van der Waals surface area contributed by atoms with E-state index >= 15 is 0 Å². The second-order valence-corrected chi connectivity index (χ2v) is 9.55. The number of esters is 1. The van der Waals surface area contributed by atoms with E-state index in [0.717, 1.165) is 16.9 Å². The lowest BCUT2D eigenvalue weighted by Gasteiger charge is -2.03. The molecular formula is C23H44O2S. The summed E-state index contributed by atoms with van der Waals surface area (Å²) in [5.41, 5.74) is 0. The van der Waals surface area contributed by atoms with E-state index in [2.05, 4.69) is 23.4 Å². The Balaban J connectivity index is 1.73. The molecule has 1 aliphatic rings. The van der Waals surface area contributed by atoms with E-state index in [4.69, 9.17) is 0 Å². The Hall–Kier alpha value is -0.180. The highest BCUT2D eigenvalue weighted by atomic mass is 32.2. The number of methoxy groups -OCH3 is 1. The SMILES string of the molecule is CCCCCCCCCC1SC1CCCCCCCCCCC(=O)OC. The Morgan fingerprint density at radius 3 is 1.58 bits per heavy atom. The van der Waals surface area contributed by atoms with Crippen LogP contribution >= 0.6 is 11.8 Å². The molecule has 1 fully saturated rings. The summed E-state index contributed by atoms with van der Waals surface area (Å²) >= 11 is 2.25. The molecule has 0 amide bonds. The molecule has 3 heteroatoms. The van der Waals surface area contributed by atoms with Crippen molar-refractivity contribution >= 4 is 17.7 Å². The lowest BCUT2D eigenvalue weighted by atomic mass is 10.0. The highest BCUT2D eigenvalue weighted by Gasteiger charge is 2.36. The molecule has 0 aliphatic carbocycles. The highest BCUT2D eigenvalue weighted by Crippen LogP contribution is 2.47. The quantitative estimate of drug-likeness (QED) is 0.130. The van der Waals surface area contributed by atoms with E-state index in [9.17, 15) is 4.79 Å². The molecule has 2 atom stereocenters. The first-order valence-electron chi connectivity index (χ1n) is 11.5. The zero-order valence-corrected chi connectivity index (χ0v) is 18.4. The van der Waals surface area contributed by atoms with Crippen LogP contribution in [0.4, 0.5) is 0 Å². The van der Waals surface area contributed by atoms with Crippen molar-refractivity contribution in [2.24, 2.45) is 0 Å². The third kappa shape index (κ3) is 13.9. The van der Waals surface area contributed by atoms with Crippen molar-refractivity contribution in [2.45, 2.75) is 133 Å². The predicted octanol–water partition coefficient (Wildman–Crippen LogP) is 7.69. The van der Waals surface area contributed by atoms with Crippen molar-refractivity contribution in [3.8, 4) is 0 Å². The fraction of sp³-hybridized carbons (Fsp3) is 0.957. The van der Waals surface area contributed by atoms with Crippen molar-refractivity contribution in [2.75, 3.05) is 7.11 Å². The van der Waals surface area contributed by atoms with E-state index in [-0.39, 0.29) is 5.97 Å². The van der Waals surface area contributed by atoms with Crippen LogP contribution in [0.3, 0.4) is 0 Å². The molecular weight excluding hydrogens is 340 g/mol. The maximum Gasteiger partial charge on any atom is 0.305 e. The predicted molar refractivity (Wildman–Crippen MR) is 116 cm³/mol. The summed E-state index contributed by atoms with van der Waals surface area (Å²) in [5, 5.41) is 2.02. The molecule has 0 N–H and O–H groups in total. The summed E-state index contributed by atoms with van der Waals surface area (Å²) < 4.78 is 4.66. The molecule has 0 spiro atoms. The molecule has 1 aliphatic heterocycles. The average Bonchev–Trinajstić information content (AvgIpc) is 3.40. The number of hydrogen-bond acceptors (Lipinski definition) is 3. The summed E-state index contributed by atoms with van der Waals surface area (Å²) in [5.74, 6) is -0.0618. The molecule has 154 valence electrons. The van der Waals surface area contributed by atoms with Crippen molar-refractivity contribution < 1.29 is 9.53 Å². The monoisotopic (exact) mass is 384 g/mol. The van der Waals surface area contributed by atoms with Gasteiger partial charge in [0.15, 0.2) is 0 Å². The zero-order chi connectivity index (χ0) is 18.9. The first kappa shape index (κ1) is 23.9. The van der Waals surface area contributed by atoms with Gasteiger partial charge in [0, 0.05) is 16.9 Å². The van der Waals surface area contributed by atoms with E-state index in [0.29, 0.717) is 6.42 Å². The second-order valence-electron chi connectivity index (χ2n) is 8.07. The van der Waals surface area contributed by atoms with Crippen LogP contribution in [0.1, 0.15) is 122 Å². The Bertz CT molecular complexity index is 332. The number of hydrogen-bond donors (Lipinski definition) is 0. The minimum absolute atomic E-state index is 0.0618. The van der Waals surface area contributed by atoms with Crippen LogP contribution in [0.5, 0.6) is 0 Å². The van der Waals surface area contributed by atoms with E-state index in [1.54, 1.807) is 0 Å². The first-order valence-corrected chi connectivity index (χ1v) is 12.4. The van der Waals surface area contributed by atoms with Crippen LogP contribution < -0.4 is 0 Å². The lowest BCUT2D eigenvalue weighted by molar-refractivity contribution is -0.140. The molecule has 0 bridgehead atoms. The maximum absolute atomic E-state index is 11.0. The van der Waals surface area contributed by atoms with Gasteiger partial charge in [-0.1, -0.05) is 96.8 Å². The van der Waals surface area contributed by atoms with Crippen LogP contribution in [-0.2, 0) is 9.53 Å². The van der Waals surface area contributed by atoms with E-state index in [1.807, 2.05) is 0 Å². The molecule has 1 rings (SSSR count). The van der Waals surface area contributed by atoms with Crippen LogP contribution in [-0.4, -0.2) is 23.6 Å². The third-order valence-electron chi connectivity index (χ3n) is 5.63. The largest absolute Gasteiger partial charge is 0.469 e. The standard InChI is InChI=1S/C23H44O2S/c1-3-4-5-6-9-12-15-18-21-22(26-21)19-16-13-10-7-8-11-14-17-20-23(24)25-2/h21-22H,3-20H2,1-2H3. The minimum atomic E-state index is -0.0618. The number of unbranched alkanes of at least 4 members (excludes halogenated alkanes) is 13. The normalized spacial score (nSPS) is 18.8. The Morgan fingerprint density at radius 1 is 0.692 bits per heavy atom. The molecule has 2 unspecified atom stereocenters. The average molecular weight is 385 g/mol. The van der Waals surface area contributed by atoms with Gasteiger partial charge in [-0.2, -0.15) is 11.8 Å². The van der Waals surface area contributed by atoms with E-state index < -0.39 is 0 Å². The smallest absolute Gasteiger partial charge is 0.305 e. The zero-order valence-electron chi connectivity index (χ0n) is 17.6.